The van der Waals surface area contributed by atoms with Gasteiger partial charge in [-0.15, -0.1) is 0 Å². The number of nitrogens with zero attached hydrogens (tertiary/aromatic N) is 6. The number of allylic oxidation sites excluding steroid dienone is 1. The van der Waals surface area contributed by atoms with E-state index in [9.17, 15) is 23.3 Å². The van der Waals surface area contributed by atoms with Crippen LogP contribution < -0.4 is 24.6 Å². The number of sulfonamides is 1. The van der Waals surface area contributed by atoms with Crippen molar-refractivity contribution in [3.63, 3.8) is 0 Å². The first kappa shape index (κ1) is 45.4. The lowest BCUT2D eigenvalue weighted by molar-refractivity contribution is -0.384. The molecule has 0 saturated carbocycles. The summed E-state index contributed by atoms with van der Waals surface area (Å²) in [6.45, 7) is 11.0. The Hall–Kier alpha value is -5.72. The largest absolute Gasteiger partial charge is 0.476 e. The van der Waals surface area contributed by atoms with Gasteiger partial charge in [-0.05, 0) is 96.8 Å². The highest BCUT2D eigenvalue weighted by atomic mass is 35.5. The third kappa shape index (κ3) is 9.86. The van der Waals surface area contributed by atoms with Crippen LogP contribution in [-0.2, 0) is 26.5 Å². The van der Waals surface area contributed by atoms with E-state index in [-0.39, 0.29) is 29.3 Å². The number of amides is 1. The summed E-state index contributed by atoms with van der Waals surface area (Å²) in [6.07, 6.45) is 5.39. The standard InChI is InChI=1S/C48H55ClN8O8S/c1-48(2)15-13-34(40(28-48)32-5-7-35(49)8-6-32)30-54-18-20-55(21-19-54)36-9-11-39(42(26-36)56-16-4-22-65-47-44(56)25-33-14-17-53(3)45(33)51-47)46(58)52-66(61,62)38-10-12-41(43(27-38)57(59)60)50-29-37-31-63-23-24-64-37/h5-12,14,17,25-27,37,50H,4,13,15-16,18-24,28-31H2,1-3H3,(H,52,58)/t37-/m0/s1. The number of aryl methyl sites for hydroxylation is 1. The van der Waals surface area contributed by atoms with E-state index in [0.29, 0.717) is 56.6 Å². The smallest absolute Gasteiger partial charge is 0.293 e. The normalized spacial score (nSPS) is 19.2. The molecule has 0 spiro atoms. The number of fused-ring (bicyclic) bond motifs is 2. The molecule has 9 rings (SSSR count). The third-order valence-corrected chi connectivity index (χ3v) is 14.6. The Morgan fingerprint density at radius 3 is 2.53 bits per heavy atom. The molecule has 0 bridgehead atoms. The highest BCUT2D eigenvalue weighted by molar-refractivity contribution is 7.90. The Balaban J connectivity index is 0.994. The van der Waals surface area contributed by atoms with Crippen molar-refractivity contribution < 1.29 is 32.3 Å². The maximum Gasteiger partial charge on any atom is 0.293 e. The molecule has 4 aliphatic rings. The molecule has 348 valence electrons. The van der Waals surface area contributed by atoms with E-state index in [2.05, 4.69) is 45.8 Å². The average Bonchev–Trinajstić information content (AvgIpc) is 3.53. The van der Waals surface area contributed by atoms with E-state index in [1.165, 1.54) is 28.8 Å². The van der Waals surface area contributed by atoms with Crippen LogP contribution in [0.25, 0.3) is 16.6 Å². The van der Waals surface area contributed by atoms with Crippen LogP contribution in [0.3, 0.4) is 0 Å². The summed E-state index contributed by atoms with van der Waals surface area (Å²) < 4.78 is 49.3. The highest BCUT2D eigenvalue weighted by Gasteiger charge is 2.32. The van der Waals surface area contributed by atoms with Crippen molar-refractivity contribution in [2.75, 3.05) is 87.4 Å². The zero-order valence-corrected chi connectivity index (χ0v) is 39.0. The molecule has 66 heavy (non-hydrogen) atoms. The van der Waals surface area contributed by atoms with Gasteiger partial charge in [0.25, 0.3) is 21.6 Å². The summed E-state index contributed by atoms with van der Waals surface area (Å²) in [5.41, 5.74) is 6.85. The van der Waals surface area contributed by atoms with Gasteiger partial charge in [0.1, 0.15) is 17.0 Å². The number of hydrogen-bond donors (Lipinski definition) is 2. The SMILES string of the molecule is Cn1ccc2cc3c(nc21)OCCCN3c1cc(N2CCN(CC3=C(c4ccc(Cl)cc4)CC(C)(C)CC3)CC2)ccc1C(=O)NS(=O)(=O)c1ccc(NC[C@H]2COCCO2)c([N+](=O)[O-])c1. The van der Waals surface area contributed by atoms with Crippen molar-refractivity contribution in [2.45, 2.75) is 50.5 Å². The van der Waals surface area contributed by atoms with Gasteiger partial charge >= 0.3 is 0 Å². The molecule has 5 heterocycles. The fraction of sp³-hybridized carbons (Fsp3) is 0.417. The zero-order chi connectivity index (χ0) is 46.2. The summed E-state index contributed by atoms with van der Waals surface area (Å²) in [5.74, 6) is -0.483. The van der Waals surface area contributed by atoms with Crippen molar-refractivity contribution >= 4 is 72.6 Å². The zero-order valence-electron chi connectivity index (χ0n) is 37.4. The fourth-order valence-corrected chi connectivity index (χ4v) is 10.5. The number of pyridine rings is 1. The molecule has 2 fully saturated rings. The summed E-state index contributed by atoms with van der Waals surface area (Å²) in [6, 6.07) is 21.1. The molecule has 0 radical (unpaired) electrons. The molecule has 2 N–H and O–H groups in total. The second-order valence-electron chi connectivity index (χ2n) is 18.2. The summed E-state index contributed by atoms with van der Waals surface area (Å²) >= 11 is 6.27. The number of aromatic nitrogens is 2. The van der Waals surface area contributed by atoms with E-state index in [1.54, 1.807) is 6.07 Å². The van der Waals surface area contributed by atoms with Crippen LogP contribution in [0.1, 0.15) is 55.5 Å². The predicted octanol–water partition coefficient (Wildman–Crippen LogP) is 7.79. The van der Waals surface area contributed by atoms with Gasteiger partial charge in [0.05, 0.1) is 53.6 Å². The van der Waals surface area contributed by atoms with Crippen molar-refractivity contribution in [1.82, 2.24) is 19.2 Å². The number of piperazine rings is 1. The quantitative estimate of drug-likeness (QED) is 0.0918. The third-order valence-electron chi connectivity index (χ3n) is 13.0. The number of nitro groups is 1. The molecule has 2 aromatic heterocycles. The van der Waals surface area contributed by atoms with Gasteiger partial charge in [-0.3, -0.25) is 19.8 Å². The Bertz CT molecular complexity index is 2780. The van der Waals surface area contributed by atoms with Gasteiger partial charge in [0.2, 0.25) is 5.88 Å². The van der Waals surface area contributed by atoms with Gasteiger partial charge in [-0.2, -0.15) is 4.98 Å². The monoisotopic (exact) mass is 938 g/mol. The molecule has 2 saturated heterocycles. The van der Waals surface area contributed by atoms with Crippen LogP contribution in [0.2, 0.25) is 5.02 Å². The number of carbonyl (C=O) groups is 1. The van der Waals surface area contributed by atoms with Crippen LogP contribution >= 0.6 is 11.6 Å². The number of rotatable bonds is 12. The summed E-state index contributed by atoms with van der Waals surface area (Å²) in [7, 11) is -2.69. The summed E-state index contributed by atoms with van der Waals surface area (Å²) in [4.78, 5) is 37.2. The van der Waals surface area contributed by atoms with Crippen LogP contribution in [0.5, 0.6) is 5.88 Å². The first-order valence-electron chi connectivity index (χ1n) is 22.4. The predicted molar refractivity (Wildman–Crippen MR) is 256 cm³/mol. The minimum atomic E-state index is -4.60. The molecule has 1 atom stereocenters. The molecule has 0 unspecified atom stereocenters. The number of anilines is 4. The molecular formula is C48H55ClN8O8S. The maximum absolute atomic E-state index is 14.4. The Morgan fingerprint density at radius 2 is 1.77 bits per heavy atom. The van der Waals surface area contributed by atoms with Crippen molar-refractivity contribution in [3.05, 3.63) is 111 Å². The van der Waals surface area contributed by atoms with E-state index < -0.39 is 31.4 Å². The second-order valence-corrected chi connectivity index (χ2v) is 20.3. The van der Waals surface area contributed by atoms with E-state index in [4.69, 9.17) is 30.8 Å². The van der Waals surface area contributed by atoms with Crippen LogP contribution in [0.15, 0.2) is 89.5 Å². The van der Waals surface area contributed by atoms with Gasteiger partial charge in [-0.1, -0.05) is 43.2 Å². The summed E-state index contributed by atoms with van der Waals surface area (Å²) in [5, 5.41) is 16.8. The van der Waals surface area contributed by atoms with Crippen molar-refractivity contribution in [3.8, 4) is 5.88 Å². The first-order valence-corrected chi connectivity index (χ1v) is 24.3. The maximum atomic E-state index is 14.4. The van der Waals surface area contributed by atoms with E-state index >= 15 is 0 Å². The molecule has 18 heteroatoms. The number of halogens is 1. The molecule has 3 aliphatic heterocycles. The lowest BCUT2D eigenvalue weighted by Gasteiger charge is -2.39. The molecule has 5 aromatic rings. The molecular weight excluding hydrogens is 884 g/mol. The lowest BCUT2D eigenvalue weighted by Crippen LogP contribution is -2.47. The minimum absolute atomic E-state index is 0.103. The molecule has 1 aliphatic carbocycles. The topological polar surface area (TPSA) is 174 Å². The van der Waals surface area contributed by atoms with Gasteiger partial charge in [0, 0.05) is 81.2 Å². The van der Waals surface area contributed by atoms with E-state index in [0.717, 1.165) is 79.8 Å². The number of carbonyl (C=O) groups excluding carboxylic acids is 1. The Labute approximate surface area is 389 Å². The lowest BCUT2D eigenvalue weighted by atomic mass is 9.72. The van der Waals surface area contributed by atoms with Crippen LogP contribution in [0, 0.1) is 15.5 Å². The van der Waals surface area contributed by atoms with Gasteiger partial charge in [0.15, 0.2) is 0 Å². The fourth-order valence-electron chi connectivity index (χ4n) is 9.34. The number of benzene rings is 3. The molecule has 3 aromatic carbocycles. The van der Waals surface area contributed by atoms with Crippen LogP contribution in [0.4, 0.5) is 28.4 Å². The minimum Gasteiger partial charge on any atom is -0.476 e. The van der Waals surface area contributed by atoms with Gasteiger partial charge in [-0.25, -0.2) is 13.1 Å². The Kier molecular flexibility index (Phi) is 13.0. The van der Waals surface area contributed by atoms with Gasteiger partial charge < -0.3 is 33.9 Å². The Morgan fingerprint density at radius 1 is 0.970 bits per heavy atom. The van der Waals surface area contributed by atoms with Crippen molar-refractivity contribution in [2.24, 2.45) is 12.5 Å². The molecule has 16 nitrogen and oxygen atoms in total. The van der Waals surface area contributed by atoms with Crippen LogP contribution in [-0.4, -0.2) is 112 Å². The number of nitrogens with one attached hydrogen (secondary N) is 2. The van der Waals surface area contributed by atoms with Crippen molar-refractivity contribution in [1.29, 1.82) is 0 Å². The number of ether oxygens (including phenoxy) is 3. The van der Waals surface area contributed by atoms with E-state index in [1.807, 2.05) is 59.1 Å². The number of nitro benzene ring substituents is 1. The molecule has 1 amide bonds. The average molecular weight is 940 g/mol. The first-order chi connectivity index (χ1) is 31.7. The highest BCUT2D eigenvalue weighted by Crippen LogP contribution is 2.44. The number of hydrogen-bond acceptors (Lipinski definition) is 13. The second kappa shape index (κ2) is 18.9.